The van der Waals surface area contributed by atoms with Gasteiger partial charge < -0.3 is 18.9 Å². The molecule has 0 saturated carbocycles. The lowest BCUT2D eigenvalue weighted by Crippen LogP contribution is -2.09. The van der Waals surface area contributed by atoms with Gasteiger partial charge in [-0.25, -0.2) is 0 Å². The summed E-state index contributed by atoms with van der Waals surface area (Å²) in [6, 6.07) is 0. The molecule has 0 unspecified atom stereocenters. The van der Waals surface area contributed by atoms with Crippen molar-refractivity contribution in [1.29, 1.82) is 0 Å². The predicted octanol–water partition coefficient (Wildman–Crippen LogP) is 10.1. The van der Waals surface area contributed by atoms with Crippen molar-refractivity contribution in [3.8, 4) is 0 Å². The highest BCUT2D eigenvalue weighted by molar-refractivity contribution is 4.95. The molecule has 4 heteroatoms. The van der Waals surface area contributed by atoms with Gasteiger partial charge in [0.15, 0.2) is 12.6 Å². The number of methoxy groups -OCH3 is 1. The van der Waals surface area contributed by atoms with Crippen molar-refractivity contribution in [3.05, 3.63) is 11.7 Å². The van der Waals surface area contributed by atoms with Crippen LogP contribution in [0.5, 0.6) is 0 Å². The third-order valence-corrected chi connectivity index (χ3v) is 6.30. The average Bonchev–Trinajstić information content (AvgIpc) is 2.85. The second-order valence-corrected chi connectivity index (χ2v) is 9.72. The molecule has 0 spiro atoms. The molecule has 0 heterocycles. The smallest absolute Gasteiger partial charge is 0.321 e. The molecule has 0 aliphatic rings. The van der Waals surface area contributed by atoms with Gasteiger partial charge in [0.25, 0.3) is 0 Å². The van der Waals surface area contributed by atoms with Gasteiger partial charge in [-0.1, -0.05) is 130 Å². The molecule has 0 amide bonds. The van der Waals surface area contributed by atoms with Crippen molar-refractivity contribution in [1.82, 2.24) is 0 Å². The fourth-order valence-electron chi connectivity index (χ4n) is 4.09. The maximum Gasteiger partial charge on any atom is 0.321 e. The van der Waals surface area contributed by atoms with Crippen LogP contribution in [0, 0.1) is 0 Å². The Morgan fingerprint density at radius 2 is 0.853 bits per heavy atom. The molecule has 0 N–H and O–H groups in total. The van der Waals surface area contributed by atoms with Gasteiger partial charge in [-0.3, -0.25) is 0 Å². The van der Waals surface area contributed by atoms with Gasteiger partial charge in [-0.15, -0.1) is 0 Å². The molecule has 204 valence electrons. The Morgan fingerprint density at radius 1 is 0.441 bits per heavy atom. The summed E-state index contributed by atoms with van der Waals surface area (Å²) in [7, 11) is 1.65. The first-order valence-corrected chi connectivity index (χ1v) is 14.9. The van der Waals surface area contributed by atoms with Crippen LogP contribution in [0.25, 0.3) is 0 Å². The number of unbranched alkanes of at least 4 members (excludes halogenated alkanes) is 17. The SMILES string of the molecule is CCCCCCCCCOC(CCCCCCCC)=C(OCCCCCCCCC)OCOC. The summed E-state index contributed by atoms with van der Waals surface area (Å²) in [4.78, 5) is 0. The summed E-state index contributed by atoms with van der Waals surface area (Å²) in [6.07, 6.45) is 26.4. The first-order valence-electron chi connectivity index (χ1n) is 14.9. The quantitative estimate of drug-likeness (QED) is 0.0628. The van der Waals surface area contributed by atoms with Crippen molar-refractivity contribution < 1.29 is 18.9 Å². The zero-order valence-electron chi connectivity index (χ0n) is 23.6. The van der Waals surface area contributed by atoms with Crippen LogP contribution in [0.4, 0.5) is 0 Å². The molecule has 0 aliphatic heterocycles. The second-order valence-electron chi connectivity index (χ2n) is 9.72. The number of allylic oxidation sites excluding steroid dienone is 1. The van der Waals surface area contributed by atoms with Crippen LogP contribution in [0.2, 0.25) is 0 Å². The molecular formula is C30H60O4. The Kier molecular flexibility index (Phi) is 27.6. The van der Waals surface area contributed by atoms with E-state index in [1.54, 1.807) is 7.11 Å². The molecule has 0 aliphatic carbocycles. The molecule has 0 aromatic rings. The van der Waals surface area contributed by atoms with Crippen LogP contribution in [0.1, 0.15) is 156 Å². The lowest BCUT2D eigenvalue weighted by Gasteiger charge is -2.17. The number of ether oxygens (including phenoxy) is 4. The first kappa shape index (κ1) is 33.1. The van der Waals surface area contributed by atoms with E-state index in [0.717, 1.165) is 38.0 Å². The van der Waals surface area contributed by atoms with Gasteiger partial charge in [0.1, 0.15) is 0 Å². The van der Waals surface area contributed by atoms with E-state index in [1.807, 2.05) is 0 Å². The van der Waals surface area contributed by atoms with Crippen molar-refractivity contribution in [2.45, 2.75) is 156 Å². The van der Waals surface area contributed by atoms with Gasteiger partial charge in [-0.05, 0) is 19.3 Å². The van der Waals surface area contributed by atoms with Gasteiger partial charge in [0, 0.05) is 13.5 Å². The summed E-state index contributed by atoms with van der Waals surface area (Å²) in [5, 5.41) is 0. The molecule has 0 fully saturated rings. The largest absolute Gasteiger partial charge is 0.491 e. The highest BCUT2D eigenvalue weighted by atomic mass is 16.7. The van der Waals surface area contributed by atoms with Gasteiger partial charge >= 0.3 is 5.95 Å². The van der Waals surface area contributed by atoms with Crippen molar-refractivity contribution in [3.63, 3.8) is 0 Å². The van der Waals surface area contributed by atoms with Crippen molar-refractivity contribution in [2.75, 3.05) is 27.1 Å². The third-order valence-electron chi connectivity index (χ3n) is 6.30. The summed E-state index contributed by atoms with van der Waals surface area (Å²) >= 11 is 0. The average molecular weight is 485 g/mol. The summed E-state index contributed by atoms with van der Waals surface area (Å²) in [5.41, 5.74) is 0. The Bertz CT molecular complexity index is 422. The minimum absolute atomic E-state index is 0.202. The molecule has 0 aromatic heterocycles. The Morgan fingerprint density at radius 3 is 1.32 bits per heavy atom. The standard InChI is InChI=1S/C30H60O4/c1-5-8-11-14-17-20-23-26-32-29(25-22-19-16-13-10-7-3)30(34-28-31-4)33-27-24-21-18-15-12-9-6-2/h5-28H2,1-4H3. The number of rotatable bonds is 28. The minimum atomic E-state index is 0.202. The second kappa shape index (κ2) is 28.3. The molecule has 0 atom stereocenters. The van der Waals surface area contributed by atoms with Gasteiger partial charge in [0.2, 0.25) is 0 Å². The zero-order valence-corrected chi connectivity index (χ0v) is 23.6. The van der Waals surface area contributed by atoms with E-state index in [9.17, 15) is 0 Å². The monoisotopic (exact) mass is 484 g/mol. The third kappa shape index (κ3) is 22.9. The molecule has 0 aromatic carbocycles. The van der Waals surface area contributed by atoms with E-state index in [-0.39, 0.29) is 6.79 Å². The van der Waals surface area contributed by atoms with Crippen molar-refractivity contribution >= 4 is 0 Å². The highest BCUT2D eigenvalue weighted by Gasteiger charge is 2.13. The highest BCUT2D eigenvalue weighted by Crippen LogP contribution is 2.20. The van der Waals surface area contributed by atoms with Crippen LogP contribution >= 0.6 is 0 Å². The van der Waals surface area contributed by atoms with E-state index in [0.29, 0.717) is 12.6 Å². The summed E-state index contributed by atoms with van der Waals surface area (Å²) in [6.45, 7) is 8.44. The normalized spacial score (nSPS) is 12.0. The summed E-state index contributed by atoms with van der Waals surface area (Å²) in [5.74, 6) is 1.45. The zero-order chi connectivity index (χ0) is 25.0. The maximum atomic E-state index is 6.25. The molecular weight excluding hydrogens is 424 g/mol. The molecule has 0 bridgehead atoms. The minimum Gasteiger partial charge on any atom is -0.491 e. The van der Waals surface area contributed by atoms with E-state index in [2.05, 4.69) is 20.8 Å². The Hall–Kier alpha value is -0.900. The molecule has 4 nitrogen and oxygen atoms in total. The predicted molar refractivity (Wildman–Crippen MR) is 146 cm³/mol. The molecule has 0 saturated heterocycles. The van der Waals surface area contributed by atoms with Gasteiger partial charge in [0.05, 0.1) is 13.2 Å². The van der Waals surface area contributed by atoms with Crippen LogP contribution in [0.15, 0.2) is 11.7 Å². The number of hydrogen-bond donors (Lipinski definition) is 0. The van der Waals surface area contributed by atoms with E-state index in [1.165, 1.54) is 109 Å². The summed E-state index contributed by atoms with van der Waals surface area (Å²) < 4.78 is 23.4. The molecule has 0 radical (unpaired) electrons. The fraction of sp³-hybridized carbons (Fsp3) is 0.933. The fourth-order valence-corrected chi connectivity index (χ4v) is 4.09. The lowest BCUT2D eigenvalue weighted by molar-refractivity contribution is -0.0692. The molecule has 34 heavy (non-hydrogen) atoms. The maximum absolute atomic E-state index is 6.25. The number of hydrogen-bond acceptors (Lipinski definition) is 4. The van der Waals surface area contributed by atoms with E-state index in [4.69, 9.17) is 18.9 Å². The Balaban J connectivity index is 4.59. The van der Waals surface area contributed by atoms with Gasteiger partial charge in [-0.2, -0.15) is 0 Å². The van der Waals surface area contributed by atoms with E-state index < -0.39 is 0 Å². The molecule has 0 rings (SSSR count). The topological polar surface area (TPSA) is 36.9 Å². The van der Waals surface area contributed by atoms with Crippen LogP contribution in [-0.4, -0.2) is 27.1 Å². The lowest BCUT2D eigenvalue weighted by atomic mass is 10.1. The van der Waals surface area contributed by atoms with Crippen LogP contribution in [0.3, 0.4) is 0 Å². The van der Waals surface area contributed by atoms with Crippen LogP contribution in [-0.2, 0) is 18.9 Å². The van der Waals surface area contributed by atoms with E-state index >= 15 is 0 Å². The first-order chi connectivity index (χ1) is 16.8. The Labute approximate surface area is 213 Å². The van der Waals surface area contributed by atoms with Crippen molar-refractivity contribution in [2.24, 2.45) is 0 Å². The van der Waals surface area contributed by atoms with Crippen LogP contribution < -0.4 is 0 Å².